The third-order valence-corrected chi connectivity index (χ3v) is 12.7. The highest BCUT2D eigenvalue weighted by Crippen LogP contribution is 2.48. The molecule has 0 bridgehead atoms. The van der Waals surface area contributed by atoms with E-state index >= 15 is 0 Å². The lowest BCUT2D eigenvalue weighted by atomic mass is 9.73. The second-order valence-corrected chi connectivity index (χ2v) is 16.7. The molecule has 62 heavy (non-hydrogen) atoms. The minimum atomic E-state index is -4.52. The van der Waals surface area contributed by atoms with Crippen molar-refractivity contribution < 1.29 is 26.3 Å². The van der Waals surface area contributed by atoms with Gasteiger partial charge in [0, 0.05) is 27.1 Å². The molecule has 1 aliphatic carbocycles. The lowest BCUT2D eigenvalue weighted by molar-refractivity contribution is -0.186. The summed E-state index contributed by atoms with van der Waals surface area (Å²) in [5.41, 5.74) is 7.86. The molecule has 9 aromatic rings. The van der Waals surface area contributed by atoms with E-state index in [2.05, 4.69) is 14.0 Å². The van der Waals surface area contributed by atoms with Crippen molar-refractivity contribution in [3.05, 3.63) is 168 Å². The molecular weight excluding hydrogens is 795 g/mol. The third kappa shape index (κ3) is 6.58. The number of nitrogens with zero attached hydrogens (tertiary/aromatic N) is 4. The van der Waals surface area contributed by atoms with Crippen LogP contribution in [0.2, 0.25) is 0 Å². The predicted octanol–water partition coefficient (Wildman–Crippen LogP) is 15.6. The summed E-state index contributed by atoms with van der Waals surface area (Å²) in [6, 6.07) is 39.0. The van der Waals surface area contributed by atoms with Gasteiger partial charge in [-0.15, -0.1) is 0 Å². The molecule has 4 nitrogen and oxygen atoms in total. The molecule has 0 N–H and O–H groups in total. The number of halogens is 6. The molecule has 3 heterocycles. The summed E-state index contributed by atoms with van der Waals surface area (Å²) < 4.78 is 89.0. The molecule has 1 saturated carbocycles. The Morgan fingerprint density at radius 1 is 0.613 bits per heavy atom. The predicted molar refractivity (Wildman–Crippen MR) is 235 cm³/mol. The highest BCUT2D eigenvalue weighted by Gasteiger charge is 2.44. The van der Waals surface area contributed by atoms with E-state index in [1.165, 1.54) is 6.07 Å². The SMILES string of the molecule is [C-]#[N+]c1ccccc1-c1c(-n2c3ccccc3c3ccc(-c4cc(C)cc(C(F)(F)F)c4)cc32)cncc1-n1c2ccccc2c2ccc(C3CC(C)CC(C(F)(F)F)C3)cc21. The van der Waals surface area contributed by atoms with Crippen LogP contribution in [-0.4, -0.2) is 20.3 Å². The number of rotatable bonds is 5. The Balaban J connectivity index is 1.27. The van der Waals surface area contributed by atoms with E-state index in [9.17, 15) is 26.3 Å². The molecule has 10 heteroatoms. The maximum absolute atomic E-state index is 14.2. The van der Waals surface area contributed by atoms with Crippen LogP contribution >= 0.6 is 0 Å². The van der Waals surface area contributed by atoms with Gasteiger partial charge >= 0.3 is 12.4 Å². The van der Waals surface area contributed by atoms with Crippen molar-refractivity contribution in [2.75, 3.05) is 0 Å². The van der Waals surface area contributed by atoms with E-state index in [0.717, 1.165) is 55.2 Å². The van der Waals surface area contributed by atoms with Crippen molar-refractivity contribution in [2.45, 2.75) is 51.4 Å². The second-order valence-electron chi connectivity index (χ2n) is 16.7. The molecular formula is C52H38F6N4. The molecule has 0 spiro atoms. The molecule has 0 amide bonds. The highest BCUT2D eigenvalue weighted by molar-refractivity contribution is 6.12. The van der Waals surface area contributed by atoms with E-state index in [1.807, 2.05) is 110 Å². The van der Waals surface area contributed by atoms with Crippen molar-refractivity contribution in [3.63, 3.8) is 0 Å². The molecule has 3 unspecified atom stereocenters. The van der Waals surface area contributed by atoms with Crippen LogP contribution in [0.4, 0.5) is 32.0 Å². The summed E-state index contributed by atoms with van der Waals surface area (Å²) in [6.07, 6.45) is -4.48. The first-order valence-electron chi connectivity index (χ1n) is 20.6. The van der Waals surface area contributed by atoms with E-state index in [0.29, 0.717) is 51.3 Å². The molecule has 0 aliphatic heterocycles. The van der Waals surface area contributed by atoms with Gasteiger partial charge in [-0.2, -0.15) is 26.3 Å². The number of aromatic nitrogens is 3. The fraction of sp³-hybridized carbons (Fsp3) is 0.192. The summed E-state index contributed by atoms with van der Waals surface area (Å²) in [5.74, 6) is -1.76. The van der Waals surface area contributed by atoms with Gasteiger partial charge in [0.15, 0.2) is 5.69 Å². The lowest BCUT2D eigenvalue weighted by Gasteiger charge is -2.34. The fourth-order valence-corrected chi connectivity index (χ4v) is 10.0. The van der Waals surface area contributed by atoms with Crippen LogP contribution in [0.25, 0.3) is 82.1 Å². The molecule has 1 aliphatic rings. The summed E-state index contributed by atoms with van der Waals surface area (Å²) in [6.45, 7) is 11.9. The van der Waals surface area contributed by atoms with Crippen molar-refractivity contribution in [1.82, 2.24) is 14.1 Å². The van der Waals surface area contributed by atoms with Crippen molar-refractivity contribution in [3.8, 4) is 33.6 Å². The Kier molecular flexibility index (Phi) is 9.29. The average molecular weight is 833 g/mol. The Hall–Kier alpha value is -6.86. The van der Waals surface area contributed by atoms with Crippen LogP contribution in [0.3, 0.4) is 0 Å². The van der Waals surface area contributed by atoms with Crippen molar-refractivity contribution in [1.29, 1.82) is 0 Å². The molecule has 0 saturated heterocycles. The number of para-hydroxylation sites is 3. The second kappa shape index (κ2) is 14.7. The van der Waals surface area contributed by atoms with Gasteiger partial charge in [0.25, 0.3) is 0 Å². The first-order chi connectivity index (χ1) is 29.8. The monoisotopic (exact) mass is 832 g/mol. The van der Waals surface area contributed by atoms with Crippen molar-refractivity contribution in [2.24, 2.45) is 11.8 Å². The third-order valence-electron chi connectivity index (χ3n) is 12.7. The topological polar surface area (TPSA) is 27.1 Å². The van der Waals surface area contributed by atoms with Gasteiger partial charge in [-0.1, -0.05) is 97.9 Å². The first kappa shape index (κ1) is 39.3. The summed E-state index contributed by atoms with van der Waals surface area (Å²) >= 11 is 0. The van der Waals surface area contributed by atoms with Crippen LogP contribution < -0.4 is 0 Å². The molecule has 3 atom stereocenters. The maximum atomic E-state index is 14.2. The van der Waals surface area contributed by atoms with E-state index < -0.39 is 23.8 Å². The van der Waals surface area contributed by atoms with Crippen LogP contribution in [0.1, 0.15) is 48.8 Å². The van der Waals surface area contributed by atoms with Gasteiger partial charge in [0.05, 0.1) is 63.9 Å². The van der Waals surface area contributed by atoms with Gasteiger partial charge < -0.3 is 9.13 Å². The van der Waals surface area contributed by atoms with E-state index in [-0.39, 0.29) is 24.7 Å². The largest absolute Gasteiger partial charge is 0.416 e. The first-order valence-corrected chi connectivity index (χ1v) is 20.6. The quantitative estimate of drug-likeness (QED) is 0.125. The molecule has 3 aromatic heterocycles. The minimum Gasteiger partial charge on any atom is -0.307 e. The number of hydrogen-bond acceptors (Lipinski definition) is 1. The van der Waals surface area contributed by atoms with Gasteiger partial charge in [-0.05, 0) is 102 Å². The van der Waals surface area contributed by atoms with E-state index in [1.54, 1.807) is 31.5 Å². The Morgan fingerprint density at radius 2 is 1.21 bits per heavy atom. The molecule has 308 valence electrons. The Morgan fingerprint density at radius 3 is 1.85 bits per heavy atom. The van der Waals surface area contributed by atoms with Crippen LogP contribution in [-0.2, 0) is 6.18 Å². The molecule has 10 rings (SSSR count). The zero-order valence-electron chi connectivity index (χ0n) is 33.7. The summed E-state index contributed by atoms with van der Waals surface area (Å²) in [7, 11) is 0. The zero-order chi connectivity index (χ0) is 43.1. The highest BCUT2D eigenvalue weighted by atomic mass is 19.4. The summed E-state index contributed by atoms with van der Waals surface area (Å²) in [5, 5.41) is 3.67. The summed E-state index contributed by atoms with van der Waals surface area (Å²) in [4.78, 5) is 8.85. The molecule has 0 radical (unpaired) electrons. The van der Waals surface area contributed by atoms with Gasteiger partial charge in [-0.3, -0.25) is 4.98 Å². The molecule has 1 fully saturated rings. The number of alkyl halides is 6. The standard InChI is InChI=1S/C52H38F6N4/c1-30-20-34(24-36(22-30)51(53,54)55)32-16-18-40-38-10-5-8-14-44(38)61(46(40)26-32)48-28-60-29-49(50(48)42-12-4-7-13-43(42)59-3)62-45-15-9-6-11-39(45)41-19-17-33(27-47(41)62)35-21-31(2)23-37(25-35)52(56,57)58/h4-20,22,24,26-29,31,35,37H,21,23,25H2,1-2H3. The lowest BCUT2D eigenvalue weighted by Crippen LogP contribution is -2.31. The zero-order valence-corrected chi connectivity index (χ0v) is 33.7. The number of aryl methyl sites for hydroxylation is 1. The average Bonchev–Trinajstić information content (AvgIpc) is 3.77. The maximum Gasteiger partial charge on any atom is 0.416 e. The normalized spacial score (nSPS) is 17.3. The van der Waals surface area contributed by atoms with E-state index in [4.69, 9.17) is 11.6 Å². The number of hydrogen-bond donors (Lipinski definition) is 0. The van der Waals surface area contributed by atoms with Gasteiger partial charge in [0.1, 0.15) is 0 Å². The van der Waals surface area contributed by atoms with Gasteiger partial charge in [0.2, 0.25) is 0 Å². The number of pyridine rings is 1. The Labute approximate surface area is 353 Å². The fourth-order valence-electron chi connectivity index (χ4n) is 10.0. The van der Waals surface area contributed by atoms with Crippen LogP contribution in [0.5, 0.6) is 0 Å². The van der Waals surface area contributed by atoms with Gasteiger partial charge in [-0.25, -0.2) is 4.85 Å². The minimum absolute atomic E-state index is 0.0239. The van der Waals surface area contributed by atoms with Crippen LogP contribution in [0.15, 0.2) is 140 Å². The van der Waals surface area contributed by atoms with Crippen molar-refractivity contribution >= 4 is 49.3 Å². The Bertz CT molecular complexity index is 3270. The van der Waals surface area contributed by atoms with Crippen LogP contribution in [0, 0.1) is 25.3 Å². The number of fused-ring (bicyclic) bond motifs is 6. The number of benzene rings is 6. The smallest absolute Gasteiger partial charge is 0.307 e. The molecule has 6 aromatic carbocycles.